The number of rotatable bonds is 8. The van der Waals surface area contributed by atoms with Gasteiger partial charge in [-0.25, -0.2) is 13.2 Å². The van der Waals surface area contributed by atoms with Gasteiger partial charge in [0.1, 0.15) is 17.9 Å². The number of sulfone groups is 1. The summed E-state index contributed by atoms with van der Waals surface area (Å²) in [6.07, 6.45) is 0. The first-order valence-electron chi connectivity index (χ1n) is 7.54. The zero-order valence-corrected chi connectivity index (χ0v) is 14.4. The van der Waals surface area contributed by atoms with Gasteiger partial charge in [-0.1, -0.05) is 24.3 Å². The highest BCUT2D eigenvalue weighted by Crippen LogP contribution is 2.29. The van der Waals surface area contributed by atoms with Gasteiger partial charge in [0.05, 0.1) is 11.4 Å². The highest BCUT2D eigenvalue weighted by Gasteiger charge is 2.19. The van der Waals surface area contributed by atoms with Crippen LogP contribution in [0, 0.1) is 0 Å². The molecular formula is C17H17NO7S. The topological polar surface area (TPSA) is 130 Å². The maximum absolute atomic E-state index is 12.1. The molecule has 8 nitrogen and oxygen atoms in total. The van der Waals surface area contributed by atoms with Gasteiger partial charge in [0, 0.05) is 0 Å². The number of aromatic hydroxyl groups is 1. The molecule has 0 atom stereocenters. The lowest BCUT2D eigenvalue weighted by Gasteiger charge is -2.10. The fourth-order valence-electron chi connectivity index (χ4n) is 2.10. The number of carboxylic acids is 1. The van der Waals surface area contributed by atoms with Crippen molar-refractivity contribution < 1.29 is 33.0 Å². The number of para-hydroxylation sites is 1. The average molecular weight is 379 g/mol. The van der Waals surface area contributed by atoms with Gasteiger partial charge in [-0.15, -0.1) is 0 Å². The number of phenols is 1. The first-order chi connectivity index (χ1) is 12.3. The minimum absolute atomic E-state index is 0.0140. The molecule has 138 valence electrons. The molecule has 0 aliphatic rings. The summed E-state index contributed by atoms with van der Waals surface area (Å²) in [5.41, 5.74) is -0.305. The number of benzene rings is 2. The number of nitrogens with one attached hydrogen (secondary N) is 1. The molecule has 9 heteroatoms. The van der Waals surface area contributed by atoms with Crippen molar-refractivity contribution in [1.82, 2.24) is 5.32 Å². The van der Waals surface area contributed by atoms with Crippen molar-refractivity contribution in [2.24, 2.45) is 0 Å². The second-order valence-electron chi connectivity index (χ2n) is 5.23. The van der Waals surface area contributed by atoms with Crippen molar-refractivity contribution >= 4 is 21.7 Å². The van der Waals surface area contributed by atoms with Crippen LogP contribution in [0.5, 0.6) is 11.5 Å². The molecule has 26 heavy (non-hydrogen) atoms. The van der Waals surface area contributed by atoms with Crippen molar-refractivity contribution in [3.05, 3.63) is 54.1 Å². The number of hydrogen-bond donors (Lipinski definition) is 3. The van der Waals surface area contributed by atoms with Crippen LogP contribution < -0.4 is 10.1 Å². The first kappa shape index (κ1) is 19.3. The number of carboxylic acid groups (broad SMARTS) is 1. The molecule has 0 unspecified atom stereocenters. The number of hydrogen-bond acceptors (Lipinski definition) is 6. The number of carbonyl (C=O) groups excluding carboxylic acids is 1. The molecule has 0 fully saturated rings. The molecule has 0 bridgehead atoms. The van der Waals surface area contributed by atoms with E-state index in [2.05, 4.69) is 5.32 Å². The van der Waals surface area contributed by atoms with E-state index in [-0.39, 0.29) is 29.4 Å². The van der Waals surface area contributed by atoms with Crippen LogP contribution in [0.15, 0.2) is 53.4 Å². The van der Waals surface area contributed by atoms with Gasteiger partial charge in [0.15, 0.2) is 21.3 Å². The van der Waals surface area contributed by atoms with Crippen LogP contribution in [-0.4, -0.2) is 49.4 Å². The number of aromatic carboxylic acids is 1. The van der Waals surface area contributed by atoms with Crippen molar-refractivity contribution in [3.63, 3.8) is 0 Å². The van der Waals surface area contributed by atoms with Crippen LogP contribution in [0.3, 0.4) is 0 Å². The van der Waals surface area contributed by atoms with Crippen LogP contribution >= 0.6 is 0 Å². The molecule has 2 aromatic carbocycles. The molecule has 0 spiro atoms. The lowest BCUT2D eigenvalue weighted by Crippen LogP contribution is -2.33. The van der Waals surface area contributed by atoms with Gasteiger partial charge in [0.25, 0.3) is 0 Å². The highest BCUT2D eigenvalue weighted by molar-refractivity contribution is 7.92. The van der Waals surface area contributed by atoms with Crippen molar-refractivity contribution in [3.8, 4) is 11.5 Å². The summed E-state index contributed by atoms with van der Waals surface area (Å²) in [7, 11) is -3.73. The molecule has 1 amide bonds. The van der Waals surface area contributed by atoms with Crippen molar-refractivity contribution in [2.45, 2.75) is 4.90 Å². The molecule has 2 rings (SSSR count). The minimum Gasteiger partial charge on any atom is -0.504 e. The molecule has 2 aromatic rings. The SMILES string of the molecule is O=C(CS(=O)(=O)c1ccccc1)NCCOc1cccc(C(=O)O)c1O. The second-order valence-corrected chi connectivity index (χ2v) is 7.22. The van der Waals surface area contributed by atoms with E-state index >= 15 is 0 Å². The maximum atomic E-state index is 12.1. The molecule has 0 radical (unpaired) electrons. The molecule has 0 aliphatic heterocycles. The van der Waals surface area contributed by atoms with Crippen LogP contribution in [0.25, 0.3) is 0 Å². The Balaban J connectivity index is 1.84. The second kappa shape index (κ2) is 8.34. The van der Waals surface area contributed by atoms with Gasteiger partial charge < -0.3 is 20.3 Å². The van der Waals surface area contributed by atoms with E-state index in [4.69, 9.17) is 9.84 Å². The number of amides is 1. The predicted octanol–water partition coefficient (Wildman–Crippen LogP) is 1.06. The highest BCUT2D eigenvalue weighted by atomic mass is 32.2. The third-order valence-electron chi connectivity index (χ3n) is 3.33. The van der Waals surface area contributed by atoms with Crippen LogP contribution in [0.2, 0.25) is 0 Å². The third kappa shape index (κ3) is 4.96. The molecule has 0 aromatic heterocycles. The van der Waals surface area contributed by atoms with E-state index < -0.39 is 33.2 Å². The van der Waals surface area contributed by atoms with E-state index in [1.165, 1.54) is 30.3 Å². The molecule has 0 saturated carbocycles. The fraction of sp³-hybridized carbons (Fsp3) is 0.176. The number of carbonyl (C=O) groups is 2. The quantitative estimate of drug-likeness (QED) is 0.585. The van der Waals surface area contributed by atoms with Crippen molar-refractivity contribution in [1.29, 1.82) is 0 Å². The van der Waals surface area contributed by atoms with Crippen LogP contribution in [-0.2, 0) is 14.6 Å². The zero-order chi connectivity index (χ0) is 19.2. The third-order valence-corrected chi connectivity index (χ3v) is 4.97. The zero-order valence-electron chi connectivity index (χ0n) is 13.6. The monoisotopic (exact) mass is 379 g/mol. The summed E-state index contributed by atoms with van der Waals surface area (Å²) in [5, 5.41) is 21.1. The van der Waals surface area contributed by atoms with E-state index in [1.54, 1.807) is 18.2 Å². The normalized spacial score (nSPS) is 10.9. The average Bonchev–Trinajstić information content (AvgIpc) is 2.60. The van der Waals surface area contributed by atoms with Crippen LogP contribution in [0.1, 0.15) is 10.4 Å². The molecule has 0 heterocycles. The Kier molecular flexibility index (Phi) is 6.18. The van der Waals surface area contributed by atoms with Crippen molar-refractivity contribution in [2.75, 3.05) is 18.9 Å². The van der Waals surface area contributed by atoms with E-state index in [9.17, 15) is 23.1 Å². The lowest BCUT2D eigenvalue weighted by molar-refractivity contribution is -0.118. The molecular weight excluding hydrogens is 362 g/mol. The van der Waals surface area contributed by atoms with Gasteiger partial charge in [0.2, 0.25) is 5.91 Å². The van der Waals surface area contributed by atoms with E-state index in [1.807, 2.05) is 0 Å². The summed E-state index contributed by atoms with van der Waals surface area (Å²) in [5.74, 6) is -3.25. The Morgan fingerprint density at radius 3 is 2.38 bits per heavy atom. The Labute approximate surface area is 150 Å². The predicted molar refractivity (Wildman–Crippen MR) is 92.1 cm³/mol. The van der Waals surface area contributed by atoms with Gasteiger partial charge in [-0.2, -0.15) is 0 Å². The molecule has 3 N–H and O–H groups in total. The van der Waals surface area contributed by atoms with Gasteiger partial charge in [-0.05, 0) is 24.3 Å². The minimum atomic E-state index is -3.73. The summed E-state index contributed by atoms with van der Waals surface area (Å²) in [6.45, 7) is -0.0896. The Morgan fingerprint density at radius 2 is 1.73 bits per heavy atom. The molecule has 0 saturated heterocycles. The Hall–Kier alpha value is -3.07. The summed E-state index contributed by atoms with van der Waals surface area (Å²) < 4.78 is 29.3. The smallest absolute Gasteiger partial charge is 0.339 e. The Bertz CT molecular complexity index is 895. The van der Waals surface area contributed by atoms with E-state index in [0.717, 1.165) is 0 Å². The fourth-order valence-corrected chi connectivity index (χ4v) is 3.28. The Morgan fingerprint density at radius 1 is 1.04 bits per heavy atom. The largest absolute Gasteiger partial charge is 0.504 e. The van der Waals surface area contributed by atoms with Crippen LogP contribution in [0.4, 0.5) is 0 Å². The van der Waals surface area contributed by atoms with Gasteiger partial charge in [-0.3, -0.25) is 4.79 Å². The maximum Gasteiger partial charge on any atom is 0.339 e. The summed E-state index contributed by atoms with van der Waals surface area (Å²) in [4.78, 5) is 22.8. The summed E-state index contributed by atoms with van der Waals surface area (Å²) in [6, 6.07) is 11.6. The first-order valence-corrected chi connectivity index (χ1v) is 9.19. The van der Waals surface area contributed by atoms with E-state index in [0.29, 0.717) is 0 Å². The lowest BCUT2D eigenvalue weighted by atomic mass is 10.2. The number of ether oxygens (including phenoxy) is 1. The van der Waals surface area contributed by atoms with Gasteiger partial charge >= 0.3 is 5.97 Å². The standard InChI is InChI=1S/C17H17NO7S/c19-15(11-26(23,24)12-5-2-1-3-6-12)18-9-10-25-14-8-4-7-13(16(14)20)17(21)22/h1-8,20H,9-11H2,(H,18,19)(H,21,22). The summed E-state index contributed by atoms with van der Waals surface area (Å²) >= 11 is 0. The molecule has 0 aliphatic carbocycles.